The van der Waals surface area contributed by atoms with Crippen LogP contribution >= 0.6 is 0 Å². The van der Waals surface area contributed by atoms with E-state index >= 15 is 0 Å². The number of para-hydroxylation sites is 3. The number of hydrogen-bond acceptors (Lipinski definition) is 10. The van der Waals surface area contributed by atoms with Gasteiger partial charge in [0.05, 0.1) is 0 Å². The predicted molar refractivity (Wildman–Crippen MR) is 336 cm³/mol. The molecule has 0 saturated carbocycles. The molecule has 82 heavy (non-hydrogen) atoms. The molecule has 18 heteroatoms. The van der Waals surface area contributed by atoms with Crippen molar-refractivity contribution >= 4 is 98.2 Å². The number of benzene rings is 6. The average Bonchev–Trinajstić information content (AvgIpc) is 4.21. The second kappa shape index (κ2) is 22.9. The summed E-state index contributed by atoms with van der Waals surface area (Å²) in [6, 6.07) is 54.2. The molecular formula is C64H73B6N4O7Pt-3. The molecule has 6 aromatic carbocycles. The molecule has 3 aliphatic rings. The molecule has 5 heterocycles. The van der Waals surface area contributed by atoms with Crippen molar-refractivity contribution in [1.82, 2.24) is 9.55 Å². The molecule has 0 aliphatic carbocycles. The van der Waals surface area contributed by atoms with Crippen LogP contribution in [-0.2, 0) is 71.9 Å². The van der Waals surface area contributed by atoms with Gasteiger partial charge in [-0.3, -0.25) is 0 Å². The minimum Gasteiger partial charge on any atom is -0.493 e. The smallest absolute Gasteiger partial charge is 0.468 e. The van der Waals surface area contributed by atoms with Gasteiger partial charge in [-0.2, -0.15) is 42.5 Å². The molecule has 3 aliphatic heterocycles. The van der Waals surface area contributed by atoms with Crippen molar-refractivity contribution in [2.24, 2.45) is 0 Å². The summed E-state index contributed by atoms with van der Waals surface area (Å²) >= 11 is 0. The van der Waals surface area contributed by atoms with E-state index in [-0.39, 0.29) is 47.7 Å². The zero-order chi connectivity index (χ0) is 57.4. The summed E-state index contributed by atoms with van der Waals surface area (Å²) in [4.78, 5) is 9.33. The van der Waals surface area contributed by atoms with E-state index in [4.69, 9.17) is 37.2 Å². The number of hydrogen-bond donors (Lipinski definition) is 0. The fourth-order valence-electron chi connectivity index (χ4n) is 10.6. The molecule has 422 valence electrons. The van der Waals surface area contributed by atoms with E-state index in [0.717, 1.165) is 78.0 Å². The number of fused-ring (bicyclic) bond motifs is 4. The third kappa shape index (κ3) is 12.3. The third-order valence-corrected chi connectivity index (χ3v) is 15.1. The first-order valence-electron chi connectivity index (χ1n) is 28.5. The summed E-state index contributed by atoms with van der Waals surface area (Å²) < 4.78 is 49.6. The first-order chi connectivity index (χ1) is 38.3. The molecule has 0 unspecified atom stereocenters. The Bertz CT molecular complexity index is 3480. The molecule has 11 nitrogen and oxygen atoms in total. The maximum absolute atomic E-state index is 6.90. The van der Waals surface area contributed by atoms with Crippen LogP contribution in [0.2, 0.25) is 21.3 Å². The Labute approximate surface area is 503 Å². The van der Waals surface area contributed by atoms with Gasteiger partial charge in [-0.15, -0.1) is 28.9 Å². The Morgan fingerprint density at radius 1 is 0.500 bits per heavy atom. The van der Waals surface area contributed by atoms with Crippen LogP contribution < -0.4 is 20.7 Å². The molecule has 0 N–H and O–H groups in total. The van der Waals surface area contributed by atoms with Crippen LogP contribution in [0, 0.1) is 18.8 Å². The number of nitrogens with zero attached hydrogens (tertiary/aromatic N) is 4. The first-order valence-corrected chi connectivity index (χ1v) is 28.5. The van der Waals surface area contributed by atoms with Crippen LogP contribution in [0.4, 0.5) is 22.7 Å². The van der Waals surface area contributed by atoms with Gasteiger partial charge in [0.25, 0.3) is 0 Å². The van der Waals surface area contributed by atoms with Gasteiger partial charge >= 0.3 is 42.7 Å². The van der Waals surface area contributed by atoms with Crippen molar-refractivity contribution in [2.45, 2.75) is 144 Å². The standard InChI is InChI=1S/C64H73B6N4O7.Pt/c1-60(2,3)48-35-36-71-58(40-48)74-54-34-32-47(46-24-17-16-18-25-46)39-51(54)50-33-31-45(38-57(50)74)42-75-41-44-23-21-26-49(37-44)72-43-73(56-30-20-19-29-55(56)72)59-52(65-76-67(61(4,5)6)80-68(77-65)62(7,8)9)27-22-28-53(59)66-78-69(63(10,11)12)81-70(79-66)64(13,14)15;/h16-36,39-40,43H,41-42H2,1-15H3;/q-3;. The van der Waals surface area contributed by atoms with E-state index in [1.807, 2.05) is 12.3 Å². The molecule has 2 fully saturated rings. The fraction of sp³-hybridized carbons (Fsp3) is 0.344. The molecule has 11 rings (SSSR count). The Balaban J connectivity index is 0.00000753. The maximum Gasteiger partial charge on any atom is 0.468 e. The minimum absolute atomic E-state index is 0. The quantitative estimate of drug-likeness (QED) is 0.0974. The van der Waals surface area contributed by atoms with Crippen molar-refractivity contribution in [2.75, 3.05) is 9.80 Å². The number of rotatable bonds is 10. The van der Waals surface area contributed by atoms with E-state index in [0.29, 0.717) is 13.2 Å². The molecule has 0 radical (unpaired) electrons. The van der Waals surface area contributed by atoms with Gasteiger partial charge in [-0.1, -0.05) is 182 Å². The molecule has 0 atom stereocenters. The van der Waals surface area contributed by atoms with E-state index in [2.05, 4.69) is 264 Å². The van der Waals surface area contributed by atoms with E-state index in [1.165, 1.54) is 11.1 Å². The maximum atomic E-state index is 6.90. The number of anilines is 4. The van der Waals surface area contributed by atoms with Gasteiger partial charge in [-0.05, 0) is 79.1 Å². The Morgan fingerprint density at radius 3 is 1.60 bits per heavy atom. The van der Waals surface area contributed by atoms with Gasteiger partial charge in [0.15, 0.2) is 0 Å². The zero-order valence-corrected chi connectivity index (χ0v) is 52.5. The largest absolute Gasteiger partial charge is 0.493 e. The second-order valence-electron chi connectivity index (χ2n) is 27.3. The van der Waals surface area contributed by atoms with Crippen LogP contribution in [0.5, 0.6) is 0 Å². The topological polar surface area (TPSA) is 88.9 Å². The Hall–Kier alpha value is -5.33. The van der Waals surface area contributed by atoms with Gasteiger partial charge in [0, 0.05) is 74.0 Å². The van der Waals surface area contributed by atoms with Gasteiger partial charge in [0.1, 0.15) is 5.82 Å². The molecular weight excluding hydrogens is 1200 g/mol. The molecule has 2 saturated heterocycles. The second-order valence-corrected chi connectivity index (χ2v) is 27.3. The number of pyridine rings is 1. The van der Waals surface area contributed by atoms with Crippen molar-refractivity contribution in [3.05, 3.63) is 175 Å². The van der Waals surface area contributed by atoms with Crippen LogP contribution in [0.1, 0.15) is 121 Å². The number of ether oxygens (including phenoxy) is 1. The summed E-state index contributed by atoms with van der Waals surface area (Å²) in [5.74, 6) is 0.858. The van der Waals surface area contributed by atoms with Gasteiger partial charge in [0.2, 0.25) is 0 Å². The minimum atomic E-state index is -0.814. The summed E-state index contributed by atoms with van der Waals surface area (Å²) in [6.45, 7) is 35.0. The summed E-state index contributed by atoms with van der Waals surface area (Å²) in [5, 5.41) is 0.811. The average molecular weight is 1270 g/mol. The van der Waals surface area contributed by atoms with Crippen LogP contribution in [0.15, 0.2) is 140 Å². The normalized spacial score (nSPS) is 15.7. The van der Waals surface area contributed by atoms with Crippen molar-refractivity contribution in [1.29, 1.82) is 0 Å². The molecule has 0 spiro atoms. The van der Waals surface area contributed by atoms with Crippen molar-refractivity contribution < 1.29 is 53.2 Å². The van der Waals surface area contributed by atoms with Gasteiger partial charge in [-0.25, -0.2) is 4.98 Å². The third-order valence-electron chi connectivity index (χ3n) is 15.1. The fourth-order valence-corrected chi connectivity index (χ4v) is 10.6. The van der Waals surface area contributed by atoms with Crippen molar-refractivity contribution in [3.8, 4) is 16.9 Å². The monoisotopic (exact) mass is 1270 g/mol. The van der Waals surface area contributed by atoms with Crippen LogP contribution in [-0.4, -0.2) is 52.3 Å². The van der Waals surface area contributed by atoms with E-state index < -0.39 is 42.7 Å². The van der Waals surface area contributed by atoms with Crippen molar-refractivity contribution in [3.63, 3.8) is 0 Å². The van der Waals surface area contributed by atoms with Crippen LogP contribution in [0.25, 0.3) is 38.8 Å². The van der Waals surface area contributed by atoms with E-state index in [9.17, 15) is 0 Å². The molecule has 8 aromatic rings. The summed E-state index contributed by atoms with van der Waals surface area (Å²) in [6.07, 6.45) is 1.91. The van der Waals surface area contributed by atoms with Crippen LogP contribution in [0.3, 0.4) is 0 Å². The SMILES string of the molecule is CC(C)(C)B1OB(c2cccc(B3OB(C(C)(C)C)OB(C(C)(C)C)O3)c2N2[CH-]N(c3[c-]c(COCc4[c-]c5c(cc4)c4cc(-c6ccccc6)ccc4n5-c4cc(C(C)(C)C)ccn4)ccc3)c3ccccc32)OB(C(C)(C)C)O1.[Pt]. The summed E-state index contributed by atoms with van der Waals surface area (Å²) in [7, 11) is -3.89. The predicted octanol–water partition coefficient (Wildman–Crippen LogP) is 14.5. The number of aromatic nitrogens is 2. The Morgan fingerprint density at radius 2 is 1.04 bits per heavy atom. The first kappa shape index (κ1) is 59.8. The summed E-state index contributed by atoms with van der Waals surface area (Å²) in [5.41, 5.74) is 12.5. The molecule has 0 amide bonds. The molecule has 2 aromatic heterocycles. The molecule has 0 bridgehead atoms. The zero-order valence-electron chi connectivity index (χ0n) is 50.2. The van der Waals surface area contributed by atoms with E-state index in [1.54, 1.807) is 0 Å². The Kier molecular flexibility index (Phi) is 16.7. The van der Waals surface area contributed by atoms with Gasteiger partial charge < -0.3 is 46.5 Å².